The third-order valence-corrected chi connectivity index (χ3v) is 6.84. The second kappa shape index (κ2) is 7.65. The maximum Gasteiger partial charge on any atom is 0.279 e. The van der Waals surface area contributed by atoms with E-state index in [2.05, 4.69) is 9.71 Å². The topological polar surface area (TPSA) is 80.5 Å². The Kier molecular flexibility index (Phi) is 5.04. The van der Waals surface area contributed by atoms with Gasteiger partial charge in [-0.1, -0.05) is 47.7 Å². The first-order valence-electron chi connectivity index (χ1n) is 8.75. The Balaban J connectivity index is 1.65. The third kappa shape index (κ3) is 3.98. The molecule has 0 atom stereocenters. The molecule has 8 heteroatoms. The molecule has 1 aromatic heterocycles. The molecule has 0 bridgehead atoms. The largest absolute Gasteiger partial charge is 0.319 e. The molecule has 0 aliphatic rings. The van der Waals surface area contributed by atoms with E-state index in [0.717, 1.165) is 10.2 Å². The van der Waals surface area contributed by atoms with Gasteiger partial charge in [-0.25, -0.2) is 8.42 Å². The molecule has 0 spiro atoms. The highest BCUT2D eigenvalue weighted by atomic mass is 32.2. The Morgan fingerprint density at radius 3 is 2.45 bits per heavy atom. The van der Waals surface area contributed by atoms with Crippen molar-refractivity contribution in [3.8, 4) is 0 Å². The summed E-state index contributed by atoms with van der Waals surface area (Å²) in [5.74, 6) is -0.437. The van der Waals surface area contributed by atoms with Crippen molar-refractivity contribution in [2.45, 2.75) is 4.90 Å². The Hall–Kier alpha value is -3.23. The van der Waals surface area contributed by atoms with Crippen molar-refractivity contribution in [3.63, 3.8) is 0 Å². The summed E-state index contributed by atoms with van der Waals surface area (Å²) in [5.41, 5.74) is 1.60. The van der Waals surface area contributed by atoms with Gasteiger partial charge in [0.05, 0.1) is 15.1 Å². The number of carbonyl (C=O) groups excluding carboxylic acids is 1. The first-order valence-corrected chi connectivity index (χ1v) is 11.1. The van der Waals surface area contributed by atoms with Gasteiger partial charge in [-0.15, -0.1) is 0 Å². The van der Waals surface area contributed by atoms with E-state index in [9.17, 15) is 13.2 Å². The van der Waals surface area contributed by atoms with Gasteiger partial charge < -0.3 is 4.57 Å². The van der Waals surface area contributed by atoms with Gasteiger partial charge in [0.1, 0.15) is 0 Å². The van der Waals surface area contributed by atoms with Gasteiger partial charge in [0.15, 0.2) is 4.80 Å². The lowest BCUT2D eigenvalue weighted by Crippen LogP contribution is -2.14. The zero-order valence-electron chi connectivity index (χ0n) is 15.4. The molecule has 29 heavy (non-hydrogen) atoms. The highest BCUT2D eigenvalue weighted by molar-refractivity contribution is 7.92. The molecular formula is C21H17N3O3S2. The van der Waals surface area contributed by atoms with E-state index in [-0.39, 0.29) is 4.90 Å². The van der Waals surface area contributed by atoms with E-state index in [4.69, 9.17) is 0 Å². The average Bonchev–Trinajstić information content (AvgIpc) is 3.04. The number of hydrogen-bond acceptors (Lipinski definition) is 4. The lowest BCUT2D eigenvalue weighted by Gasteiger charge is -2.08. The van der Waals surface area contributed by atoms with E-state index in [1.165, 1.54) is 29.5 Å². The van der Waals surface area contributed by atoms with Crippen LogP contribution in [0.3, 0.4) is 0 Å². The number of nitrogens with zero attached hydrogens (tertiary/aromatic N) is 2. The number of anilines is 1. The average molecular weight is 424 g/mol. The fraction of sp³-hybridized carbons (Fsp3) is 0.0476. The van der Waals surface area contributed by atoms with Crippen molar-refractivity contribution in [1.29, 1.82) is 0 Å². The molecule has 0 fully saturated rings. The molecule has 0 radical (unpaired) electrons. The minimum atomic E-state index is -3.73. The molecular weight excluding hydrogens is 406 g/mol. The summed E-state index contributed by atoms with van der Waals surface area (Å²) in [4.78, 5) is 17.6. The van der Waals surface area contributed by atoms with Crippen LogP contribution in [0.4, 0.5) is 5.69 Å². The van der Waals surface area contributed by atoms with Gasteiger partial charge in [0.2, 0.25) is 0 Å². The summed E-state index contributed by atoms with van der Waals surface area (Å²) in [5, 5.41) is 0. The van der Waals surface area contributed by atoms with Crippen molar-refractivity contribution in [1.82, 2.24) is 4.57 Å². The number of para-hydroxylation sites is 1. The summed E-state index contributed by atoms with van der Waals surface area (Å²) in [7, 11) is -1.88. The molecule has 0 aliphatic heterocycles. The number of nitrogens with one attached hydrogen (secondary N) is 1. The maximum atomic E-state index is 12.7. The monoisotopic (exact) mass is 423 g/mol. The number of aromatic nitrogens is 1. The second-order valence-electron chi connectivity index (χ2n) is 6.33. The van der Waals surface area contributed by atoms with Gasteiger partial charge in [-0.05, 0) is 42.5 Å². The standard InChI is InChI=1S/C21H17N3O3S2/c1-24-18-12-5-6-13-19(18)28-21(24)22-20(25)15-8-7-9-16(14-15)23-29(26,27)17-10-3-2-4-11-17/h2-14,23H,1H3. The quantitative estimate of drug-likeness (QED) is 0.542. The zero-order chi connectivity index (χ0) is 20.4. The predicted molar refractivity (Wildman–Crippen MR) is 114 cm³/mol. The van der Waals surface area contributed by atoms with Crippen LogP contribution in [0.15, 0.2) is 88.8 Å². The van der Waals surface area contributed by atoms with Crippen molar-refractivity contribution in [3.05, 3.63) is 89.2 Å². The number of hydrogen-bond donors (Lipinski definition) is 1. The van der Waals surface area contributed by atoms with Crippen LogP contribution in [0.2, 0.25) is 0 Å². The van der Waals surface area contributed by atoms with Crippen molar-refractivity contribution in [2.75, 3.05) is 4.72 Å². The Morgan fingerprint density at radius 1 is 0.966 bits per heavy atom. The molecule has 4 aromatic rings. The van der Waals surface area contributed by atoms with Crippen molar-refractivity contribution in [2.24, 2.45) is 12.0 Å². The van der Waals surface area contributed by atoms with Crippen LogP contribution < -0.4 is 9.52 Å². The van der Waals surface area contributed by atoms with E-state index in [0.29, 0.717) is 16.1 Å². The van der Waals surface area contributed by atoms with E-state index in [1.807, 2.05) is 35.9 Å². The number of benzene rings is 3. The van der Waals surface area contributed by atoms with Gasteiger partial charge in [0.25, 0.3) is 15.9 Å². The Bertz CT molecular complexity index is 1370. The summed E-state index contributed by atoms with van der Waals surface area (Å²) in [6.45, 7) is 0. The molecule has 4 rings (SSSR count). The molecule has 6 nitrogen and oxygen atoms in total. The minimum absolute atomic E-state index is 0.152. The molecule has 0 saturated carbocycles. The van der Waals surface area contributed by atoms with E-state index in [1.54, 1.807) is 36.4 Å². The second-order valence-corrected chi connectivity index (χ2v) is 9.02. The number of carbonyl (C=O) groups is 1. The fourth-order valence-corrected chi connectivity index (χ4v) is 4.96. The molecule has 3 aromatic carbocycles. The van der Waals surface area contributed by atoms with Crippen molar-refractivity contribution >= 4 is 43.2 Å². The van der Waals surface area contributed by atoms with Gasteiger partial charge in [-0.2, -0.15) is 4.99 Å². The van der Waals surface area contributed by atoms with Gasteiger partial charge in [0, 0.05) is 18.3 Å². The SMILES string of the molecule is Cn1c(=NC(=O)c2cccc(NS(=O)(=O)c3ccccc3)c2)sc2ccccc21. The number of fused-ring (bicyclic) bond motifs is 1. The van der Waals surface area contributed by atoms with E-state index >= 15 is 0 Å². The molecule has 0 saturated heterocycles. The van der Waals surface area contributed by atoms with Crippen LogP contribution in [-0.2, 0) is 17.1 Å². The summed E-state index contributed by atoms with van der Waals surface area (Å²) in [6, 6.07) is 22.2. The van der Waals surface area contributed by atoms with Crippen LogP contribution in [-0.4, -0.2) is 18.9 Å². The highest BCUT2D eigenvalue weighted by Crippen LogP contribution is 2.18. The van der Waals surface area contributed by atoms with Crippen molar-refractivity contribution < 1.29 is 13.2 Å². The minimum Gasteiger partial charge on any atom is -0.319 e. The van der Waals surface area contributed by atoms with Gasteiger partial charge in [-0.3, -0.25) is 9.52 Å². The normalized spacial score (nSPS) is 12.2. The first kappa shape index (κ1) is 19.1. The summed E-state index contributed by atoms with van der Waals surface area (Å²) < 4.78 is 30.4. The summed E-state index contributed by atoms with van der Waals surface area (Å²) >= 11 is 1.42. The molecule has 1 amide bonds. The van der Waals surface area contributed by atoms with Crippen LogP contribution >= 0.6 is 11.3 Å². The molecule has 146 valence electrons. The molecule has 0 unspecified atom stereocenters. The fourth-order valence-electron chi connectivity index (χ4n) is 2.87. The Morgan fingerprint density at radius 2 is 1.69 bits per heavy atom. The van der Waals surface area contributed by atoms with E-state index < -0.39 is 15.9 Å². The van der Waals surface area contributed by atoms with Crippen LogP contribution in [0.25, 0.3) is 10.2 Å². The maximum absolute atomic E-state index is 12.7. The summed E-state index contributed by atoms with van der Waals surface area (Å²) in [6.07, 6.45) is 0. The number of sulfonamides is 1. The predicted octanol–water partition coefficient (Wildman–Crippen LogP) is 3.78. The molecule has 0 aliphatic carbocycles. The van der Waals surface area contributed by atoms with Crippen LogP contribution in [0.5, 0.6) is 0 Å². The van der Waals surface area contributed by atoms with Gasteiger partial charge >= 0.3 is 0 Å². The third-order valence-electron chi connectivity index (χ3n) is 4.33. The lowest BCUT2D eigenvalue weighted by atomic mass is 10.2. The molecule has 1 N–H and O–H groups in total. The highest BCUT2D eigenvalue weighted by Gasteiger charge is 2.14. The lowest BCUT2D eigenvalue weighted by molar-refractivity contribution is 0.0998. The number of aryl methyl sites for hydroxylation is 1. The molecule has 1 heterocycles. The van der Waals surface area contributed by atoms with Crippen LogP contribution in [0, 0.1) is 0 Å². The number of thiazole rings is 1. The zero-order valence-corrected chi connectivity index (χ0v) is 17.1. The first-order chi connectivity index (χ1) is 13.9. The number of rotatable bonds is 4. The smallest absolute Gasteiger partial charge is 0.279 e. The Labute approximate surface area is 171 Å². The van der Waals surface area contributed by atoms with Crippen LogP contribution in [0.1, 0.15) is 10.4 Å². The number of amides is 1.